The summed E-state index contributed by atoms with van der Waals surface area (Å²) < 4.78 is 14.9. The Bertz CT molecular complexity index is 894. The van der Waals surface area contributed by atoms with Crippen molar-refractivity contribution in [2.45, 2.75) is 0 Å². The number of halogens is 1. The number of urea groups is 1. The summed E-state index contributed by atoms with van der Waals surface area (Å²) in [6.45, 7) is 0. The molecule has 134 valence electrons. The van der Waals surface area contributed by atoms with Gasteiger partial charge >= 0.3 is 11.9 Å². The molecule has 1 N–H and O–H groups in total. The van der Waals surface area contributed by atoms with Crippen molar-refractivity contribution in [2.24, 2.45) is 10.9 Å². The zero-order valence-electron chi connectivity index (χ0n) is 14.1. The van der Waals surface area contributed by atoms with Crippen LogP contribution in [-0.4, -0.2) is 59.2 Å². The van der Waals surface area contributed by atoms with Gasteiger partial charge in [0, 0.05) is 4.91 Å². The number of dihydropyridines is 1. The van der Waals surface area contributed by atoms with E-state index in [1.165, 1.54) is 36.0 Å². The first-order chi connectivity index (χ1) is 12.4. The van der Waals surface area contributed by atoms with Crippen LogP contribution in [0.25, 0.3) is 0 Å². The van der Waals surface area contributed by atoms with Crippen LogP contribution in [-0.2, 0) is 9.59 Å². The van der Waals surface area contributed by atoms with E-state index in [1.807, 2.05) is 0 Å². The SMILES string of the molecule is CN1C(=O)C2C(SCC(=O)Nc3ccccc3F)=CC=NC2=[N+](C)C1=O. The number of amidine groups is 1. The molecule has 3 rings (SSSR count). The van der Waals surface area contributed by atoms with Gasteiger partial charge in [0.25, 0.3) is 5.84 Å². The third-order valence-corrected chi connectivity index (χ3v) is 5.11. The quantitative estimate of drug-likeness (QED) is 0.813. The van der Waals surface area contributed by atoms with Gasteiger partial charge in [0.15, 0.2) is 5.92 Å². The summed E-state index contributed by atoms with van der Waals surface area (Å²) in [7, 11) is 2.95. The minimum atomic E-state index is -0.723. The third-order valence-electron chi connectivity index (χ3n) is 4.00. The minimum Gasteiger partial charge on any atom is -0.323 e. The Morgan fingerprint density at radius 2 is 2.12 bits per heavy atom. The summed E-state index contributed by atoms with van der Waals surface area (Å²) in [4.78, 5) is 42.4. The highest BCUT2D eigenvalue weighted by Gasteiger charge is 2.47. The number of thioether (sulfide) groups is 1. The Balaban J connectivity index is 1.72. The highest BCUT2D eigenvalue weighted by atomic mass is 32.2. The number of benzene rings is 1. The van der Waals surface area contributed by atoms with Crippen molar-refractivity contribution in [3.8, 4) is 0 Å². The van der Waals surface area contributed by atoms with Crippen LogP contribution in [0.15, 0.2) is 40.2 Å². The summed E-state index contributed by atoms with van der Waals surface area (Å²) in [6.07, 6.45) is 3.13. The first kappa shape index (κ1) is 18.0. The largest absolute Gasteiger partial charge is 0.445 e. The molecular weight excluding hydrogens is 359 g/mol. The van der Waals surface area contributed by atoms with Gasteiger partial charge in [-0.1, -0.05) is 12.1 Å². The molecule has 2 aliphatic heterocycles. The number of carbonyl (C=O) groups is 3. The molecule has 2 heterocycles. The normalized spacial score (nSPS) is 19.4. The van der Waals surface area contributed by atoms with Crippen molar-refractivity contribution < 1.29 is 23.3 Å². The molecule has 26 heavy (non-hydrogen) atoms. The molecule has 0 aliphatic carbocycles. The fourth-order valence-electron chi connectivity index (χ4n) is 2.64. The average molecular weight is 375 g/mol. The van der Waals surface area contributed by atoms with Crippen LogP contribution >= 0.6 is 11.8 Å². The van der Waals surface area contributed by atoms with Crippen LogP contribution in [0.1, 0.15) is 0 Å². The van der Waals surface area contributed by atoms with Crippen molar-refractivity contribution in [3.63, 3.8) is 0 Å². The van der Waals surface area contributed by atoms with Crippen molar-refractivity contribution in [2.75, 3.05) is 25.2 Å². The lowest BCUT2D eigenvalue weighted by atomic mass is 10.0. The molecule has 4 amide bonds. The van der Waals surface area contributed by atoms with Crippen LogP contribution in [0.4, 0.5) is 14.9 Å². The Hall–Kier alpha value is -2.81. The molecule has 0 fully saturated rings. The number of hydrogen-bond donors (Lipinski definition) is 1. The Kier molecular flexibility index (Phi) is 4.99. The lowest BCUT2D eigenvalue weighted by molar-refractivity contribution is -0.407. The molecule has 1 aromatic rings. The van der Waals surface area contributed by atoms with E-state index in [2.05, 4.69) is 10.3 Å². The van der Waals surface area contributed by atoms with E-state index >= 15 is 0 Å². The van der Waals surface area contributed by atoms with Gasteiger partial charge in [-0.3, -0.25) is 9.59 Å². The number of aliphatic imine (C=N–C) groups is 1. The third kappa shape index (κ3) is 3.30. The molecule has 0 radical (unpaired) electrons. The molecular formula is C17H16FN4O3S+. The Morgan fingerprint density at radius 1 is 1.38 bits per heavy atom. The molecule has 2 aliphatic rings. The average Bonchev–Trinajstić information content (AvgIpc) is 2.64. The number of nitrogens with zero attached hydrogens (tertiary/aromatic N) is 3. The van der Waals surface area contributed by atoms with Crippen LogP contribution < -0.4 is 5.32 Å². The van der Waals surface area contributed by atoms with Gasteiger partial charge < -0.3 is 5.32 Å². The molecule has 1 aromatic carbocycles. The lowest BCUT2D eigenvalue weighted by Gasteiger charge is -2.26. The number of hydrogen-bond acceptors (Lipinski definition) is 5. The fraction of sp³-hybridized carbons (Fsp3) is 0.235. The number of anilines is 1. The lowest BCUT2D eigenvalue weighted by Crippen LogP contribution is -2.52. The maximum atomic E-state index is 13.6. The standard InChI is InChI=1S/C17H15FN4O3S/c1-21-15-14(16(24)22(2)17(21)25)12(7-8-19-15)26-9-13(23)20-11-6-4-3-5-10(11)18/h3-8,14H,9H2,1-2H3/p+1. The molecule has 0 spiro atoms. The van der Waals surface area contributed by atoms with E-state index in [0.29, 0.717) is 10.7 Å². The first-order valence-corrected chi connectivity index (χ1v) is 8.72. The van der Waals surface area contributed by atoms with Crippen molar-refractivity contribution >= 4 is 47.3 Å². The van der Waals surface area contributed by atoms with Gasteiger partial charge in [-0.15, -0.1) is 16.8 Å². The molecule has 0 aromatic heterocycles. The zero-order chi connectivity index (χ0) is 18.8. The molecule has 1 atom stereocenters. The summed E-state index contributed by atoms with van der Waals surface area (Å²) in [6, 6.07) is 5.43. The maximum Gasteiger partial charge on any atom is 0.445 e. The van der Waals surface area contributed by atoms with Gasteiger partial charge in [0.05, 0.1) is 25.5 Å². The molecule has 0 saturated carbocycles. The second-order valence-electron chi connectivity index (χ2n) is 5.69. The monoisotopic (exact) mass is 375 g/mol. The predicted octanol–water partition coefficient (Wildman–Crippen LogP) is 1.71. The summed E-state index contributed by atoms with van der Waals surface area (Å²) in [5.41, 5.74) is 0.100. The minimum absolute atomic E-state index is 0.00750. The molecule has 7 nitrogen and oxygen atoms in total. The highest BCUT2D eigenvalue weighted by Crippen LogP contribution is 2.31. The highest BCUT2D eigenvalue weighted by molar-refractivity contribution is 8.03. The van der Waals surface area contributed by atoms with E-state index in [0.717, 1.165) is 16.7 Å². The topological polar surface area (TPSA) is 81.8 Å². The summed E-state index contributed by atoms with van der Waals surface area (Å²) >= 11 is 1.15. The Morgan fingerprint density at radius 3 is 2.85 bits per heavy atom. The summed E-state index contributed by atoms with van der Waals surface area (Å²) in [5.74, 6) is -1.71. The molecule has 9 heteroatoms. The van der Waals surface area contributed by atoms with Crippen LogP contribution in [0.2, 0.25) is 0 Å². The fourth-order valence-corrected chi connectivity index (χ4v) is 3.54. The van der Waals surface area contributed by atoms with Gasteiger partial charge in [0.1, 0.15) is 12.0 Å². The first-order valence-electron chi connectivity index (χ1n) is 7.73. The molecule has 0 saturated heterocycles. The number of nitrogens with one attached hydrogen (secondary N) is 1. The second kappa shape index (κ2) is 7.20. The van der Waals surface area contributed by atoms with Crippen molar-refractivity contribution in [3.05, 3.63) is 41.1 Å². The van der Waals surface area contributed by atoms with Gasteiger partial charge in [0.2, 0.25) is 5.91 Å². The van der Waals surface area contributed by atoms with Crippen molar-refractivity contribution in [1.29, 1.82) is 0 Å². The van der Waals surface area contributed by atoms with Crippen molar-refractivity contribution in [1.82, 2.24) is 4.90 Å². The molecule has 1 unspecified atom stereocenters. The maximum absolute atomic E-state index is 13.6. The van der Waals surface area contributed by atoms with Crippen LogP contribution in [0.3, 0.4) is 0 Å². The summed E-state index contributed by atoms with van der Waals surface area (Å²) in [5, 5.41) is 2.50. The number of allylic oxidation sites excluding steroid dienone is 1. The number of imide groups is 1. The Labute approximate surface area is 153 Å². The second-order valence-corrected chi connectivity index (χ2v) is 6.74. The number of fused-ring (bicyclic) bond motifs is 1. The van der Waals surface area contributed by atoms with E-state index in [-0.39, 0.29) is 11.4 Å². The van der Waals surface area contributed by atoms with Gasteiger partial charge in [-0.2, -0.15) is 9.48 Å². The smallest absolute Gasteiger partial charge is 0.323 e. The number of para-hydroxylation sites is 1. The van der Waals surface area contributed by atoms with E-state index in [9.17, 15) is 18.8 Å². The van der Waals surface area contributed by atoms with E-state index in [4.69, 9.17) is 0 Å². The number of rotatable bonds is 4. The zero-order valence-corrected chi connectivity index (χ0v) is 14.9. The van der Waals surface area contributed by atoms with Crippen LogP contribution in [0, 0.1) is 11.7 Å². The van der Waals surface area contributed by atoms with Crippen LogP contribution in [0.5, 0.6) is 0 Å². The van der Waals surface area contributed by atoms with Gasteiger partial charge in [-0.25, -0.2) is 9.18 Å². The van der Waals surface area contributed by atoms with Gasteiger partial charge in [-0.05, 0) is 18.2 Å². The number of amides is 4. The predicted molar refractivity (Wildman–Crippen MR) is 96.9 cm³/mol. The molecule has 0 bridgehead atoms. The van der Waals surface area contributed by atoms with E-state index < -0.39 is 29.6 Å². The van der Waals surface area contributed by atoms with E-state index in [1.54, 1.807) is 19.2 Å². The number of carbonyl (C=O) groups excluding carboxylic acids is 3.